The quantitative estimate of drug-likeness (QED) is 0.879. The normalized spacial score (nSPS) is 11.5. The summed E-state index contributed by atoms with van der Waals surface area (Å²) in [6.45, 7) is 0. The molecule has 0 saturated carbocycles. The summed E-state index contributed by atoms with van der Waals surface area (Å²) in [7, 11) is 1.21. The molecule has 5 heteroatoms. The minimum absolute atomic E-state index is 0.299. The number of alkyl carbamates (subject to hydrolysis) is 1. The molecule has 0 fully saturated rings. The second-order valence-electron chi connectivity index (χ2n) is 4.35. The Morgan fingerprint density at radius 3 is 2.24 bits per heavy atom. The number of Topliss-reactive ketones (excluding diaryl/α,β-unsaturated/α-hetero) is 1. The Kier molecular flexibility index (Phi) is 4.66. The Hall–Kier alpha value is -2.69. The summed E-state index contributed by atoms with van der Waals surface area (Å²) >= 11 is 0. The highest BCUT2D eigenvalue weighted by atomic mass is 19.1. The van der Waals surface area contributed by atoms with Gasteiger partial charge in [-0.15, -0.1) is 0 Å². The van der Waals surface area contributed by atoms with Crippen LogP contribution in [0.5, 0.6) is 0 Å². The van der Waals surface area contributed by atoms with Crippen molar-refractivity contribution in [2.75, 3.05) is 7.11 Å². The molecule has 1 unspecified atom stereocenters. The Morgan fingerprint density at radius 2 is 1.67 bits per heavy atom. The van der Waals surface area contributed by atoms with Gasteiger partial charge in [0.05, 0.1) is 7.11 Å². The lowest BCUT2D eigenvalue weighted by molar-refractivity contribution is 0.0931. The molecule has 1 atom stereocenters. The van der Waals surface area contributed by atoms with Crippen LogP contribution in [0.3, 0.4) is 0 Å². The Morgan fingerprint density at radius 1 is 1.05 bits per heavy atom. The molecule has 108 valence electrons. The molecule has 1 amide bonds. The van der Waals surface area contributed by atoms with Crippen molar-refractivity contribution in [3.05, 3.63) is 71.5 Å². The standard InChI is InChI=1S/C16H14FNO3/c1-21-16(20)18-14(11-7-9-13(17)10-8-11)15(19)12-5-3-2-4-6-12/h2-10,14H,1H3,(H,18,20). The number of amides is 1. The first-order valence-corrected chi connectivity index (χ1v) is 6.31. The molecule has 0 aliphatic carbocycles. The molecule has 0 aliphatic heterocycles. The van der Waals surface area contributed by atoms with Crippen LogP contribution in [0.4, 0.5) is 9.18 Å². The lowest BCUT2D eigenvalue weighted by atomic mass is 9.97. The van der Waals surface area contributed by atoms with Crippen molar-refractivity contribution >= 4 is 11.9 Å². The van der Waals surface area contributed by atoms with Gasteiger partial charge < -0.3 is 10.1 Å². The van der Waals surface area contributed by atoms with E-state index in [2.05, 4.69) is 10.1 Å². The van der Waals surface area contributed by atoms with Gasteiger partial charge in [-0.25, -0.2) is 9.18 Å². The van der Waals surface area contributed by atoms with Crippen LogP contribution < -0.4 is 5.32 Å². The second kappa shape index (κ2) is 6.65. The zero-order valence-corrected chi connectivity index (χ0v) is 11.4. The smallest absolute Gasteiger partial charge is 0.407 e. The van der Waals surface area contributed by atoms with Gasteiger partial charge >= 0.3 is 6.09 Å². The predicted molar refractivity (Wildman–Crippen MR) is 75.5 cm³/mol. The summed E-state index contributed by atoms with van der Waals surface area (Å²) in [5.41, 5.74) is 0.930. The van der Waals surface area contributed by atoms with Crippen LogP contribution in [0.2, 0.25) is 0 Å². The summed E-state index contributed by atoms with van der Waals surface area (Å²) in [5, 5.41) is 2.47. The van der Waals surface area contributed by atoms with Crippen molar-refractivity contribution in [1.82, 2.24) is 5.32 Å². The number of carbonyl (C=O) groups excluding carboxylic acids is 2. The fourth-order valence-electron chi connectivity index (χ4n) is 1.90. The molecule has 4 nitrogen and oxygen atoms in total. The third-order valence-electron chi connectivity index (χ3n) is 2.97. The maximum atomic E-state index is 13.0. The highest BCUT2D eigenvalue weighted by molar-refractivity contribution is 6.02. The van der Waals surface area contributed by atoms with E-state index in [0.29, 0.717) is 11.1 Å². The molecule has 2 rings (SSSR count). The molecule has 0 bridgehead atoms. The number of methoxy groups -OCH3 is 1. The van der Waals surface area contributed by atoms with Gasteiger partial charge in [-0.3, -0.25) is 4.79 Å². The maximum Gasteiger partial charge on any atom is 0.407 e. The summed E-state index contributed by atoms with van der Waals surface area (Å²) in [5.74, 6) is -0.713. The molecule has 0 saturated heterocycles. The molecule has 1 N–H and O–H groups in total. The average molecular weight is 287 g/mol. The van der Waals surface area contributed by atoms with Gasteiger partial charge in [-0.05, 0) is 17.7 Å². The number of hydrogen-bond acceptors (Lipinski definition) is 3. The van der Waals surface area contributed by atoms with Crippen LogP contribution in [0.25, 0.3) is 0 Å². The number of benzene rings is 2. The SMILES string of the molecule is COC(=O)NC(C(=O)c1ccccc1)c1ccc(F)cc1. The van der Waals surface area contributed by atoms with Crippen molar-refractivity contribution in [1.29, 1.82) is 0 Å². The number of rotatable bonds is 4. The van der Waals surface area contributed by atoms with E-state index >= 15 is 0 Å². The predicted octanol–water partition coefficient (Wildman–Crippen LogP) is 3.11. The molecule has 0 spiro atoms. The topological polar surface area (TPSA) is 55.4 Å². The van der Waals surface area contributed by atoms with Crippen molar-refractivity contribution in [2.24, 2.45) is 0 Å². The summed E-state index contributed by atoms with van der Waals surface area (Å²) in [6.07, 6.45) is -0.728. The molecule has 0 aromatic heterocycles. The van der Waals surface area contributed by atoms with Gasteiger partial charge in [0.2, 0.25) is 0 Å². The fourth-order valence-corrected chi connectivity index (χ4v) is 1.90. The highest BCUT2D eigenvalue weighted by Gasteiger charge is 2.24. The third-order valence-corrected chi connectivity index (χ3v) is 2.97. The number of nitrogens with one attached hydrogen (secondary N) is 1. The molecule has 2 aromatic carbocycles. The maximum absolute atomic E-state index is 13.0. The number of halogens is 1. The molecule has 0 radical (unpaired) electrons. The summed E-state index contributed by atoms with van der Waals surface area (Å²) in [4.78, 5) is 24.0. The van der Waals surface area contributed by atoms with Crippen LogP contribution in [0, 0.1) is 5.82 Å². The summed E-state index contributed by atoms with van der Waals surface area (Å²) in [6, 6.07) is 13.0. The second-order valence-corrected chi connectivity index (χ2v) is 4.35. The van der Waals surface area contributed by atoms with Crippen LogP contribution in [0.1, 0.15) is 22.0 Å². The van der Waals surface area contributed by atoms with E-state index in [1.807, 2.05) is 0 Å². The van der Waals surface area contributed by atoms with Crippen molar-refractivity contribution in [3.63, 3.8) is 0 Å². The van der Waals surface area contributed by atoms with E-state index in [-0.39, 0.29) is 5.78 Å². The van der Waals surface area contributed by atoms with Gasteiger partial charge in [0.15, 0.2) is 5.78 Å². The van der Waals surface area contributed by atoms with Gasteiger partial charge in [-0.1, -0.05) is 42.5 Å². The average Bonchev–Trinajstić information content (AvgIpc) is 2.53. The van der Waals surface area contributed by atoms with E-state index in [1.165, 1.54) is 31.4 Å². The lowest BCUT2D eigenvalue weighted by Gasteiger charge is -2.17. The van der Waals surface area contributed by atoms with E-state index in [9.17, 15) is 14.0 Å². The number of carbonyl (C=O) groups is 2. The first-order valence-electron chi connectivity index (χ1n) is 6.31. The van der Waals surface area contributed by atoms with Crippen LogP contribution >= 0.6 is 0 Å². The van der Waals surface area contributed by atoms with Gasteiger partial charge in [0.1, 0.15) is 11.9 Å². The minimum atomic E-state index is -0.930. The number of hydrogen-bond donors (Lipinski definition) is 1. The molecule has 0 aliphatic rings. The molecule has 0 heterocycles. The first kappa shape index (κ1) is 14.7. The van der Waals surface area contributed by atoms with Crippen LogP contribution in [0.15, 0.2) is 54.6 Å². The monoisotopic (exact) mass is 287 g/mol. The van der Waals surface area contributed by atoms with Crippen molar-refractivity contribution in [3.8, 4) is 0 Å². The van der Waals surface area contributed by atoms with Crippen LogP contribution in [-0.4, -0.2) is 19.0 Å². The van der Waals surface area contributed by atoms with Crippen molar-refractivity contribution < 1.29 is 18.7 Å². The Balaban J connectivity index is 2.34. The molecule has 21 heavy (non-hydrogen) atoms. The molecular weight excluding hydrogens is 273 g/mol. The number of ketones is 1. The van der Waals surface area contributed by atoms with E-state index in [4.69, 9.17) is 0 Å². The lowest BCUT2D eigenvalue weighted by Crippen LogP contribution is -2.33. The van der Waals surface area contributed by atoms with Crippen molar-refractivity contribution in [2.45, 2.75) is 6.04 Å². The van der Waals surface area contributed by atoms with E-state index in [1.54, 1.807) is 30.3 Å². The highest BCUT2D eigenvalue weighted by Crippen LogP contribution is 2.19. The zero-order valence-electron chi connectivity index (χ0n) is 11.4. The van der Waals surface area contributed by atoms with Gasteiger partial charge in [-0.2, -0.15) is 0 Å². The van der Waals surface area contributed by atoms with E-state index < -0.39 is 18.0 Å². The molecule has 2 aromatic rings. The first-order chi connectivity index (χ1) is 10.1. The fraction of sp³-hybridized carbons (Fsp3) is 0.125. The summed E-state index contributed by atoms with van der Waals surface area (Å²) < 4.78 is 17.5. The van der Waals surface area contributed by atoms with Crippen LogP contribution in [-0.2, 0) is 4.74 Å². The minimum Gasteiger partial charge on any atom is -0.453 e. The molecular formula is C16H14FNO3. The van der Waals surface area contributed by atoms with Gasteiger partial charge in [0, 0.05) is 5.56 Å². The third kappa shape index (κ3) is 3.66. The largest absolute Gasteiger partial charge is 0.453 e. The number of ether oxygens (including phenoxy) is 1. The Labute approximate surface area is 121 Å². The van der Waals surface area contributed by atoms with Gasteiger partial charge in [0.25, 0.3) is 0 Å². The zero-order chi connectivity index (χ0) is 15.2. The van der Waals surface area contributed by atoms with E-state index in [0.717, 1.165) is 0 Å². The Bertz CT molecular complexity index is 626.